The predicted molar refractivity (Wildman–Crippen MR) is 79.0 cm³/mol. The molecule has 0 spiro atoms. The van der Waals surface area contributed by atoms with Crippen LogP contribution in [0.5, 0.6) is 0 Å². The fraction of sp³-hybridized carbons (Fsp3) is 0.733. The lowest BCUT2D eigenvalue weighted by Gasteiger charge is -2.25. The number of aromatic nitrogens is 2. The topological polar surface area (TPSA) is 55.1 Å². The third-order valence-electron chi connectivity index (χ3n) is 4.23. The van der Waals surface area contributed by atoms with Crippen LogP contribution in [0.3, 0.4) is 0 Å². The summed E-state index contributed by atoms with van der Waals surface area (Å²) in [6.07, 6.45) is 5.35. The minimum Gasteiger partial charge on any atom is -0.382 e. The maximum Gasteiger partial charge on any atom is 0.170 e. The molecule has 0 unspecified atom stereocenters. The van der Waals surface area contributed by atoms with Gasteiger partial charge in [-0.25, -0.2) is 0 Å². The van der Waals surface area contributed by atoms with E-state index in [0.29, 0.717) is 24.4 Å². The Bertz CT molecular complexity index is 488. The molecule has 0 radical (unpaired) electrons. The molecule has 0 bridgehead atoms. The van der Waals surface area contributed by atoms with Gasteiger partial charge in [0.25, 0.3) is 0 Å². The van der Waals surface area contributed by atoms with Crippen LogP contribution in [0.4, 0.5) is 0 Å². The molecule has 112 valence electrons. The first kappa shape index (κ1) is 15.5. The lowest BCUT2D eigenvalue weighted by atomic mass is 9.87. The largest absolute Gasteiger partial charge is 0.382 e. The van der Waals surface area contributed by atoms with Crippen LogP contribution in [0.1, 0.15) is 56.8 Å². The number of aliphatic hydroxyl groups is 1. The number of Topliss-reactive ketones (excluding diaryl/α,β-unsaturated/α-hetero) is 1. The highest BCUT2D eigenvalue weighted by Crippen LogP contribution is 2.30. The van der Waals surface area contributed by atoms with E-state index in [1.54, 1.807) is 4.68 Å². The lowest BCUT2D eigenvalue weighted by molar-refractivity contribution is -0.138. The zero-order valence-corrected chi connectivity index (χ0v) is 13.0. The predicted octanol–water partition coefficient (Wildman–Crippen LogP) is 3.06. The van der Waals surface area contributed by atoms with Gasteiger partial charge in [-0.2, -0.15) is 5.10 Å². The van der Waals surface area contributed by atoms with Crippen LogP contribution >= 0.6 is 11.6 Å². The van der Waals surface area contributed by atoms with Crippen molar-refractivity contribution in [2.45, 2.75) is 70.9 Å². The second-order valence-electron chi connectivity index (χ2n) is 5.71. The Kier molecular flexibility index (Phi) is 4.86. The second-order valence-corrected chi connectivity index (χ2v) is 6.09. The molecular formula is C15H23ClN2O2. The van der Waals surface area contributed by atoms with Gasteiger partial charge in [0.1, 0.15) is 5.60 Å². The normalized spacial score (nSPS) is 18.8. The Balaban J connectivity index is 2.18. The van der Waals surface area contributed by atoms with Crippen LogP contribution in [-0.2, 0) is 17.8 Å². The lowest BCUT2D eigenvalue weighted by Crippen LogP contribution is -2.39. The Hall–Kier alpha value is -0.870. The third-order valence-corrected chi connectivity index (χ3v) is 4.72. The number of halogens is 1. The van der Waals surface area contributed by atoms with E-state index in [9.17, 15) is 9.90 Å². The number of aryl methyl sites for hydroxylation is 2. The summed E-state index contributed by atoms with van der Waals surface area (Å²) in [7, 11) is 0. The molecule has 5 heteroatoms. The van der Waals surface area contributed by atoms with Crippen LogP contribution in [0.15, 0.2) is 0 Å². The summed E-state index contributed by atoms with van der Waals surface area (Å²) in [5, 5.41) is 15.5. The third kappa shape index (κ3) is 3.07. The van der Waals surface area contributed by atoms with E-state index >= 15 is 0 Å². The second kappa shape index (κ2) is 6.27. The van der Waals surface area contributed by atoms with Crippen molar-refractivity contribution in [2.75, 3.05) is 0 Å². The Morgan fingerprint density at radius 3 is 2.50 bits per heavy atom. The zero-order valence-electron chi connectivity index (χ0n) is 12.3. The fourth-order valence-corrected chi connectivity index (χ4v) is 3.15. The summed E-state index contributed by atoms with van der Waals surface area (Å²) >= 11 is 6.24. The molecule has 1 aromatic heterocycles. The van der Waals surface area contributed by atoms with Crippen LogP contribution in [0, 0.1) is 6.92 Å². The molecule has 1 aromatic rings. The molecule has 1 aliphatic carbocycles. The fourth-order valence-electron chi connectivity index (χ4n) is 2.95. The average Bonchev–Trinajstić information content (AvgIpc) is 2.61. The molecule has 1 saturated carbocycles. The number of ketones is 1. The maximum absolute atomic E-state index is 12.5. The molecule has 0 amide bonds. The van der Waals surface area contributed by atoms with Crippen molar-refractivity contribution in [3.63, 3.8) is 0 Å². The van der Waals surface area contributed by atoms with E-state index in [1.807, 2.05) is 13.8 Å². The van der Waals surface area contributed by atoms with E-state index in [0.717, 1.165) is 37.1 Å². The Morgan fingerprint density at radius 2 is 1.95 bits per heavy atom. The van der Waals surface area contributed by atoms with E-state index < -0.39 is 5.60 Å². The highest BCUT2D eigenvalue weighted by Gasteiger charge is 2.36. The molecule has 0 atom stereocenters. The van der Waals surface area contributed by atoms with Gasteiger partial charge in [0, 0.05) is 6.54 Å². The summed E-state index contributed by atoms with van der Waals surface area (Å²) in [5.41, 5.74) is 0.301. The highest BCUT2D eigenvalue weighted by atomic mass is 35.5. The van der Waals surface area contributed by atoms with Crippen molar-refractivity contribution in [3.8, 4) is 0 Å². The summed E-state index contributed by atoms with van der Waals surface area (Å²) in [6.45, 7) is 4.48. The maximum atomic E-state index is 12.5. The van der Waals surface area contributed by atoms with Gasteiger partial charge in [-0.1, -0.05) is 37.3 Å². The van der Waals surface area contributed by atoms with E-state index in [2.05, 4.69) is 5.10 Å². The zero-order chi connectivity index (χ0) is 14.8. The van der Waals surface area contributed by atoms with Crippen LogP contribution in [-0.4, -0.2) is 26.3 Å². The van der Waals surface area contributed by atoms with Gasteiger partial charge >= 0.3 is 0 Å². The van der Waals surface area contributed by atoms with Crippen LogP contribution < -0.4 is 0 Å². The summed E-state index contributed by atoms with van der Waals surface area (Å²) in [6, 6.07) is 0. The SMILES string of the molecule is CCn1nc(C)c(Cl)c1CC(=O)C1(O)CCCCCC1. The summed E-state index contributed by atoms with van der Waals surface area (Å²) in [4.78, 5) is 12.5. The molecule has 1 heterocycles. The number of rotatable bonds is 4. The van der Waals surface area contributed by atoms with Crippen molar-refractivity contribution >= 4 is 17.4 Å². The molecule has 1 fully saturated rings. The molecule has 0 aromatic carbocycles. The van der Waals surface area contributed by atoms with Crippen molar-refractivity contribution < 1.29 is 9.90 Å². The van der Waals surface area contributed by atoms with Gasteiger partial charge in [-0.05, 0) is 26.7 Å². The number of hydrogen-bond donors (Lipinski definition) is 1. The quantitative estimate of drug-likeness (QED) is 0.869. The van der Waals surface area contributed by atoms with Gasteiger partial charge in [-0.15, -0.1) is 0 Å². The Labute approximate surface area is 125 Å². The Morgan fingerprint density at radius 1 is 1.35 bits per heavy atom. The van der Waals surface area contributed by atoms with Gasteiger partial charge < -0.3 is 5.11 Å². The van der Waals surface area contributed by atoms with E-state index in [-0.39, 0.29) is 12.2 Å². The monoisotopic (exact) mass is 298 g/mol. The molecule has 1 aliphatic rings. The summed E-state index contributed by atoms with van der Waals surface area (Å²) < 4.78 is 1.76. The average molecular weight is 299 g/mol. The minimum atomic E-state index is -1.17. The first-order chi connectivity index (χ1) is 9.48. The molecular weight excluding hydrogens is 276 g/mol. The number of carbonyl (C=O) groups excluding carboxylic acids is 1. The number of nitrogens with zero attached hydrogens (tertiary/aromatic N) is 2. The minimum absolute atomic E-state index is 0.115. The van der Waals surface area contributed by atoms with Crippen molar-refractivity contribution in [3.05, 3.63) is 16.4 Å². The van der Waals surface area contributed by atoms with Crippen molar-refractivity contribution in [1.82, 2.24) is 9.78 Å². The molecule has 4 nitrogen and oxygen atoms in total. The van der Waals surface area contributed by atoms with Gasteiger partial charge in [0.2, 0.25) is 0 Å². The van der Waals surface area contributed by atoms with E-state index in [1.165, 1.54) is 0 Å². The van der Waals surface area contributed by atoms with Gasteiger partial charge in [0.05, 0.1) is 22.8 Å². The summed E-state index contributed by atoms with van der Waals surface area (Å²) in [5.74, 6) is -0.115. The molecule has 0 saturated heterocycles. The van der Waals surface area contributed by atoms with Crippen LogP contribution in [0.2, 0.25) is 5.02 Å². The molecule has 0 aliphatic heterocycles. The number of hydrogen-bond acceptors (Lipinski definition) is 3. The van der Waals surface area contributed by atoms with Crippen molar-refractivity contribution in [1.29, 1.82) is 0 Å². The van der Waals surface area contributed by atoms with Gasteiger partial charge in [0.15, 0.2) is 5.78 Å². The van der Waals surface area contributed by atoms with Crippen molar-refractivity contribution in [2.24, 2.45) is 0 Å². The van der Waals surface area contributed by atoms with Gasteiger partial charge in [-0.3, -0.25) is 9.48 Å². The first-order valence-corrected chi connectivity index (χ1v) is 7.83. The number of carbonyl (C=O) groups is 1. The molecule has 20 heavy (non-hydrogen) atoms. The molecule has 1 N–H and O–H groups in total. The standard InChI is InChI=1S/C15H23ClN2O2/c1-3-18-12(14(16)11(2)17-18)10-13(19)15(20)8-6-4-5-7-9-15/h20H,3-10H2,1-2H3. The highest BCUT2D eigenvalue weighted by molar-refractivity contribution is 6.32. The van der Waals surface area contributed by atoms with E-state index in [4.69, 9.17) is 11.6 Å². The first-order valence-electron chi connectivity index (χ1n) is 7.45. The smallest absolute Gasteiger partial charge is 0.170 e. The van der Waals surface area contributed by atoms with Crippen LogP contribution in [0.25, 0.3) is 0 Å². The molecule has 2 rings (SSSR count).